The normalized spacial score (nSPS) is 11.4. The number of carbonyl (C=O) groups excluding carboxylic acids is 1. The largest absolute Gasteiger partial charge is 0.468 e. The van der Waals surface area contributed by atoms with Gasteiger partial charge in [-0.2, -0.15) is 13.2 Å². The Labute approximate surface area is 174 Å². The number of nitrogen functional groups attached to an aromatic ring is 1. The SMILES string of the molecule is CCCn1c(N)c(N(CCOC)C(=O)c2ccc(OCC(F)(F)F)nc2)c(=O)[nH]c1=O. The first-order valence-electron chi connectivity index (χ1n) is 9.18. The lowest BCUT2D eigenvalue weighted by Crippen LogP contribution is -2.42. The fourth-order valence-corrected chi connectivity index (χ4v) is 2.69. The Bertz CT molecular complexity index is 1020. The van der Waals surface area contributed by atoms with Crippen LogP contribution in [-0.2, 0) is 11.3 Å². The van der Waals surface area contributed by atoms with Crippen molar-refractivity contribution in [2.45, 2.75) is 26.1 Å². The monoisotopic (exact) mass is 445 g/mol. The van der Waals surface area contributed by atoms with E-state index < -0.39 is 29.9 Å². The minimum atomic E-state index is -4.53. The topological polar surface area (TPSA) is 133 Å². The molecule has 10 nitrogen and oxygen atoms in total. The average molecular weight is 445 g/mol. The molecule has 0 spiro atoms. The van der Waals surface area contributed by atoms with Crippen LogP contribution >= 0.6 is 0 Å². The van der Waals surface area contributed by atoms with E-state index in [-0.39, 0.29) is 42.6 Å². The number of hydrogen-bond acceptors (Lipinski definition) is 7. The fourth-order valence-electron chi connectivity index (χ4n) is 2.69. The summed E-state index contributed by atoms with van der Waals surface area (Å²) in [4.78, 5) is 44.4. The quantitative estimate of drug-likeness (QED) is 0.592. The van der Waals surface area contributed by atoms with Gasteiger partial charge in [-0.3, -0.25) is 24.0 Å². The number of methoxy groups -OCH3 is 1. The summed E-state index contributed by atoms with van der Waals surface area (Å²) in [6.45, 7) is 0.446. The second kappa shape index (κ2) is 10.1. The lowest BCUT2D eigenvalue weighted by atomic mass is 10.2. The van der Waals surface area contributed by atoms with E-state index in [0.29, 0.717) is 6.42 Å². The summed E-state index contributed by atoms with van der Waals surface area (Å²) in [5, 5.41) is 0. The molecule has 2 heterocycles. The molecule has 0 unspecified atom stereocenters. The van der Waals surface area contributed by atoms with Crippen LogP contribution in [-0.4, -0.2) is 53.5 Å². The Morgan fingerprint density at radius 2 is 2.03 bits per heavy atom. The van der Waals surface area contributed by atoms with Gasteiger partial charge in [-0.25, -0.2) is 9.78 Å². The molecule has 0 aliphatic rings. The van der Waals surface area contributed by atoms with Crippen LogP contribution in [0.1, 0.15) is 23.7 Å². The minimum Gasteiger partial charge on any atom is -0.468 e. The molecule has 0 radical (unpaired) electrons. The number of hydrogen-bond donors (Lipinski definition) is 2. The number of H-pyrrole nitrogens is 1. The Hall–Kier alpha value is -3.35. The zero-order valence-corrected chi connectivity index (χ0v) is 16.9. The molecule has 2 rings (SSSR count). The average Bonchev–Trinajstić information content (AvgIpc) is 2.71. The lowest BCUT2D eigenvalue weighted by Gasteiger charge is -2.24. The van der Waals surface area contributed by atoms with Crippen molar-refractivity contribution in [3.63, 3.8) is 0 Å². The molecule has 0 fully saturated rings. The van der Waals surface area contributed by atoms with Crippen molar-refractivity contribution in [2.75, 3.05) is 37.5 Å². The van der Waals surface area contributed by atoms with E-state index >= 15 is 0 Å². The number of aromatic nitrogens is 3. The van der Waals surface area contributed by atoms with Crippen molar-refractivity contribution < 1.29 is 27.4 Å². The molecule has 0 aromatic carbocycles. The zero-order chi connectivity index (χ0) is 23.2. The molecule has 3 N–H and O–H groups in total. The smallest absolute Gasteiger partial charge is 0.422 e. The van der Waals surface area contributed by atoms with Crippen LogP contribution in [0.3, 0.4) is 0 Å². The summed E-state index contributed by atoms with van der Waals surface area (Å²) in [6, 6.07) is 2.30. The fraction of sp³-hybridized carbons (Fsp3) is 0.444. The van der Waals surface area contributed by atoms with E-state index in [1.807, 2.05) is 0 Å². The zero-order valence-electron chi connectivity index (χ0n) is 16.9. The predicted octanol–water partition coefficient (Wildman–Crippen LogP) is 1.16. The van der Waals surface area contributed by atoms with Gasteiger partial charge in [0.1, 0.15) is 5.82 Å². The summed E-state index contributed by atoms with van der Waals surface area (Å²) >= 11 is 0. The van der Waals surface area contributed by atoms with Crippen molar-refractivity contribution in [1.29, 1.82) is 0 Å². The van der Waals surface area contributed by atoms with E-state index in [1.54, 1.807) is 6.92 Å². The molecule has 2 aromatic heterocycles. The molecule has 13 heteroatoms. The van der Waals surface area contributed by atoms with Gasteiger partial charge in [0.05, 0.1) is 12.2 Å². The molecule has 0 bridgehead atoms. The third-order valence-electron chi connectivity index (χ3n) is 4.06. The Morgan fingerprint density at radius 1 is 1.32 bits per heavy atom. The number of alkyl halides is 3. The number of anilines is 2. The van der Waals surface area contributed by atoms with Crippen LogP contribution in [0.25, 0.3) is 0 Å². The van der Waals surface area contributed by atoms with Crippen molar-refractivity contribution >= 4 is 17.4 Å². The maximum atomic E-state index is 13.1. The number of ether oxygens (including phenoxy) is 2. The number of amides is 1. The van der Waals surface area contributed by atoms with Crippen molar-refractivity contribution in [3.8, 4) is 5.88 Å². The summed E-state index contributed by atoms with van der Waals surface area (Å²) in [5.74, 6) is -1.24. The second-order valence-corrected chi connectivity index (χ2v) is 6.38. The van der Waals surface area contributed by atoms with Crippen LogP contribution in [0.2, 0.25) is 0 Å². The summed E-state index contributed by atoms with van der Waals surface area (Å²) in [5.41, 5.74) is 4.18. The number of nitrogens with two attached hydrogens (primary N) is 1. The van der Waals surface area contributed by atoms with E-state index in [9.17, 15) is 27.6 Å². The number of pyridine rings is 1. The lowest BCUT2D eigenvalue weighted by molar-refractivity contribution is -0.154. The van der Waals surface area contributed by atoms with Gasteiger partial charge in [0.15, 0.2) is 12.3 Å². The molecular weight excluding hydrogens is 423 g/mol. The van der Waals surface area contributed by atoms with Crippen LogP contribution in [0, 0.1) is 0 Å². The third-order valence-corrected chi connectivity index (χ3v) is 4.06. The molecule has 0 atom stereocenters. The molecule has 0 aliphatic carbocycles. The summed E-state index contributed by atoms with van der Waals surface area (Å²) in [6.07, 6.45) is -2.97. The molecule has 31 heavy (non-hydrogen) atoms. The Balaban J connectivity index is 2.41. The van der Waals surface area contributed by atoms with Gasteiger partial charge in [0, 0.05) is 32.5 Å². The van der Waals surface area contributed by atoms with Gasteiger partial charge in [0.25, 0.3) is 11.5 Å². The standard InChI is InChI=1S/C18H22F3N5O5/c1-3-6-26-14(22)13(15(27)24-17(26)29)25(7-8-30-2)16(28)11-4-5-12(23-9-11)31-10-18(19,20)21/h4-5,9H,3,6-8,10,22H2,1-2H3,(H,24,27,29). The van der Waals surface area contributed by atoms with Gasteiger partial charge in [-0.1, -0.05) is 6.92 Å². The maximum absolute atomic E-state index is 13.1. The second-order valence-electron chi connectivity index (χ2n) is 6.38. The number of aromatic amines is 1. The van der Waals surface area contributed by atoms with Crippen molar-refractivity contribution in [2.24, 2.45) is 0 Å². The Kier molecular flexibility index (Phi) is 7.80. The van der Waals surface area contributed by atoms with Crippen molar-refractivity contribution in [3.05, 3.63) is 44.7 Å². The molecule has 170 valence electrons. The molecule has 1 amide bonds. The first-order chi connectivity index (χ1) is 14.6. The molecule has 2 aromatic rings. The highest BCUT2D eigenvalue weighted by molar-refractivity contribution is 6.07. The van der Waals surface area contributed by atoms with Gasteiger partial charge in [-0.05, 0) is 12.5 Å². The van der Waals surface area contributed by atoms with Gasteiger partial charge in [0.2, 0.25) is 5.88 Å². The van der Waals surface area contributed by atoms with Crippen LogP contribution in [0.15, 0.2) is 27.9 Å². The first-order valence-corrected chi connectivity index (χ1v) is 9.18. The molecule has 0 aliphatic heterocycles. The summed E-state index contributed by atoms with van der Waals surface area (Å²) < 4.78 is 47.4. The van der Waals surface area contributed by atoms with E-state index in [2.05, 4.69) is 14.7 Å². The maximum Gasteiger partial charge on any atom is 0.422 e. The molecule has 0 saturated carbocycles. The van der Waals surface area contributed by atoms with Crippen LogP contribution < -0.4 is 26.6 Å². The number of rotatable bonds is 9. The van der Waals surface area contributed by atoms with E-state index in [1.165, 1.54) is 13.2 Å². The number of nitrogens with zero attached hydrogens (tertiary/aromatic N) is 3. The highest BCUT2D eigenvalue weighted by Crippen LogP contribution is 2.21. The van der Waals surface area contributed by atoms with Gasteiger partial charge < -0.3 is 15.2 Å². The summed E-state index contributed by atoms with van der Waals surface area (Å²) in [7, 11) is 1.39. The number of carbonyl (C=O) groups is 1. The minimum absolute atomic E-state index is 0.0393. The number of halogens is 3. The highest BCUT2D eigenvalue weighted by atomic mass is 19.4. The first kappa shape index (κ1) is 23.9. The molecule has 0 saturated heterocycles. The molecular formula is C18H22F3N5O5. The van der Waals surface area contributed by atoms with E-state index in [4.69, 9.17) is 10.5 Å². The van der Waals surface area contributed by atoms with Crippen molar-refractivity contribution in [1.82, 2.24) is 14.5 Å². The Morgan fingerprint density at radius 3 is 2.58 bits per heavy atom. The highest BCUT2D eigenvalue weighted by Gasteiger charge is 2.29. The van der Waals surface area contributed by atoms with Crippen LogP contribution in [0.4, 0.5) is 24.7 Å². The van der Waals surface area contributed by atoms with E-state index in [0.717, 1.165) is 21.7 Å². The van der Waals surface area contributed by atoms with Gasteiger partial charge >= 0.3 is 11.9 Å². The third kappa shape index (κ3) is 6.07. The predicted molar refractivity (Wildman–Crippen MR) is 105 cm³/mol. The van der Waals surface area contributed by atoms with Crippen LogP contribution in [0.5, 0.6) is 5.88 Å². The number of nitrogens with one attached hydrogen (secondary N) is 1. The van der Waals surface area contributed by atoms with Gasteiger partial charge in [-0.15, -0.1) is 0 Å².